The minimum absolute atomic E-state index is 0. The van der Waals surface area contributed by atoms with Gasteiger partial charge in [-0.05, 0) is 24.6 Å². The average molecular weight is 512 g/mol. The topological polar surface area (TPSA) is 71.4 Å². The molecule has 1 fully saturated rings. The lowest BCUT2D eigenvalue weighted by molar-refractivity contribution is 0.159. The number of nitrogens with zero attached hydrogens (tertiary/aromatic N) is 3. The zero-order chi connectivity index (χ0) is 25.0. The van der Waals surface area contributed by atoms with Gasteiger partial charge in [-0.15, -0.1) is 12.4 Å². The summed E-state index contributed by atoms with van der Waals surface area (Å²) in [5.41, 5.74) is 4.10. The number of carbonyl (C=O) groups is 1. The summed E-state index contributed by atoms with van der Waals surface area (Å²) >= 11 is 0. The molecule has 194 valence electrons. The van der Waals surface area contributed by atoms with E-state index < -0.39 is 0 Å². The molecule has 2 aromatic carbocycles. The number of aromatic nitrogens is 2. The zero-order valence-corrected chi connectivity index (χ0v) is 22.6. The molecule has 4 rings (SSSR count). The van der Waals surface area contributed by atoms with Crippen molar-refractivity contribution in [3.05, 3.63) is 77.5 Å². The summed E-state index contributed by atoms with van der Waals surface area (Å²) in [6, 6.07) is 20.3. The molecule has 1 saturated heterocycles. The van der Waals surface area contributed by atoms with E-state index in [1.54, 1.807) is 7.11 Å². The Labute approximate surface area is 220 Å². The zero-order valence-electron chi connectivity index (χ0n) is 21.8. The molecule has 0 radical (unpaired) electrons. The van der Waals surface area contributed by atoms with E-state index in [-0.39, 0.29) is 35.8 Å². The van der Waals surface area contributed by atoms with Crippen molar-refractivity contribution >= 4 is 24.3 Å². The Balaban J connectivity index is 0.00000361. The molecule has 8 heteroatoms. The number of aryl methyl sites for hydroxylation is 1. The van der Waals surface area contributed by atoms with E-state index in [1.165, 1.54) is 11.1 Å². The number of benzene rings is 2. The van der Waals surface area contributed by atoms with Gasteiger partial charge in [0.1, 0.15) is 5.82 Å². The summed E-state index contributed by atoms with van der Waals surface area (Å²) in [5.74, 6) is 0.868. The fourth-order valence-corrected chi connectivity index (χ4v) is 4.51. The van der Waals surface area contributed by atoms with Crippen LogP contribution in [-0.4, -0.2) is 60.1 Å². The van der Waals surface area contributed by atoms with Gasteiger partial charge in [-0.1, -0.05) is 68.8 Å². The van der Waals surface area contributed by atoms with Gasteiger partial charge in [0.15, 0.2) is 0 Å². The van der Waals surface area contributed by atoms with Crippen molar-refractivity contribution < 1.29 is 9.53 Å². The summed E-state index contributed by atoms with van der Waals surface area (Å²) in [6.07, 6.45) is 0. The molecule has 1 aliphatic heterocycles. The van der Waals surface area contributed by atoms with Crippen molar-refractivity contribution in [3.8, 4) is 5.69 Å². The van der Waals surface area contributed by atoms with Crippen LogP contribution >= 0.6 is 12.4 Å². The summed E-state index contributed by atoms with van der Waals surface area (Å²) in [6.45, 7) is 11.6. The lowest BCUT2D eigenvalue weighted by atomic mass is 9.92. The van der Waals surface area contributed by atoms with Gasteiger partial charge in [0.25, 0.3) is 0 Å². The van der Waals surface area contributed by atoms with E-state index in [0.717, 1.165) is 31.0 Å². The van der Waals surface area contributed by atoms with Crippen molar-refractivity contribution in [1.82, 2.24) is 20.0 Å². The monoisotopic (exact) mass is 511 g/mol. The number of hydrogen-bond acceptors (Lipinski definition) is 4. The lowest BCUT2D eigenvalue weighted by Gasteiger charge is -2.20. The van der Waals surface area contributed by atoms with Gasteiger partial charge in [0.2, 0.25) is 0 Å². The Hall–Kier alpha value is -2.87. The summed E-state index contributed by atoms with van der Waals surface area (Å²) in [7, 11) is 1.72. The normalized spacial score (nSPS) is 18.0. The van der Waals surface area contributed by atoms with Gasteiger partial charge < -0.3 is 10.1 Å². The third-order valence-electron chi connectivity index (χ3n) is 6.55. The quantitative estimate of drug-likeness (QED) is 0.461. The number of nitrogens with one attached hydrogen (secondary N) is 2. The molecular formula is C28H38ClN5O2. The molecule has 0 aliphatic carbocycles. The van der Waals surface area contributed by atoms with Crippen molar-refractivity contribution in [2.75, 3.05) is 38.7 Å². The standard InChI is InChI=1S/C28H37N5O2.ClH/c1-20-11-13-22(14-12-20)33-26(17-25(31-33)28(2,3)4)30-27(34)29-24-19-32(15-16-35-5)18-23(24)21-9-7-6-8-10-21;/h6-14,17,23-24H,15-16,18-19H2,1-5H3,(H2,29,30,34);1H/t23-,24+;/m1./s1. The molecule has 3 aromatic rings. The molecule has 2 heterocycles. The van der Waals surface area contributed by atoms with E-state index >= 15 is 0 Å². The Bertz CT molecular complexity index is 1130. The van der Waals surface area contributed by atoms with Gasteiger partial charge in [0.05, 0.1) is 24.0 Å². The second kappa shape index (κ2) is 11.9. The van der Waals surface area contributed by atoms with Crippen LogP contribution in [0.3, 0.4) is 0 Å². The summed E-state index contributed by atoms with van der Waals surface area (Å²) in [5, 5.41) is 11.2. The second-order valence-corrected chi connectivity index (χ2v) is 10.4. The smallest absolute Gasteiger partial charge is 0.320 e. The number of rotatable bonds is 7. The van der Waals surface area contributed by atoms with E-state index in [2.05, 4.69) is 79.6 Å². The van der Waals surface area contributed by atoms with Crippen molar-refractivity contribution in [2.45, 2.75) is 45.1 Å². The molecule has 0 bridgehead atoms. The highest BCUT2D eigenvalue weighted by atomic mass is 35.5. The summed E-state index contributed by atoms with van der Waals surface area (Å²) in [4.78, 5) is 15.6. The van der Waals surface area contributed by atoms with Crippen LogP contribution in [0.5, 0.6) is 0 Å². The van der Waals surface area contributed by atoms with E-state index in [4.69, 9.17) is 9.84 Å². The van der Waals surface area contributed by atoms with Gasteiger partial charge in [-0.2, -0.15) is 5.10 Å². The molecule has 1 aromatic heterocycles. The molecule has 2 N–H and O–H groups in total. The van der Waals surface area contributed by atoms with E-state index in [1.807, 2.05) is 28.9 Å². The third-order valence-corrected chi connectivity index (χ3v) is 6.55. The fourth-order valence-electron chi connectivity index (χ4n) is 4.51. The first-order valence-electron chi connectivity index (χ1n) is 12.3. The van der Waals surface area contributed by atoms with Gasteiger partial charge >= 0.3 is 6.03 Å². The van der Waals surface area contributed by atoms with Crippen LogP contribution in [0.1, 0.15) is 43.5 Å². The first-order chi connectivity index (χ1) is 16.7. The van der Waals surface area contributed by atoms with Crippen molar-refractivity contribution in [1.29, 1.82) is 0 Å². The van der Waals surface area contributed by atoms with Crippen LogP contribution in [0, 0.1) is 6.92 Å². The van der Waals surface area contributed by atoms with E-state index in [9.17, 15) is 4.79 Å². The number of anilines is 1. The molecule has 36 heavy (non-hydrogen) atoms. The number of carbonyl (C=O) groups excluding carboxylic acids is 1. The SMILES string of the molecule is COCCN1C[C@H](NC(=O)Nc2cc(C(C)(C)C)nn2-c2ccc(C)cc2)[C@@H](c2ccccc2)C1.Cl. The molecule has 0 spiro atoms. The van der Waals surface area contributed by atoms with Crippen LogP contribution in [0.15, 0.2) is 60.7 Å². The third kappa shape index (κ3) is 6.66. The molecule has 0 saturated carbocycles. The van der Waals surface area contributed by atoms with Crippen LogP contribution in [0.2, 0.25) is 0 Å². The van der Waals surface area contributed by atoms with Crippen molar-refractivity contribution in [2.24, 2.45) is 0 Å². The van der Waals surface area contributed by atoms with Crippen LogP contribution in [0.25, 0.3) is 5.69 Å². The highest BCUT2D eigenvalue weighted by molar-refractivity contribution is 5.89. The number of halogens is 1. The van der Waals surface area contributed by atoms with Gasteiger partial charge in [0, 0.05) is 44.1 Å². The average Bonchev–Trinajstić information content (AvgIpc) is 3.43. The van der Waals surface area contributed by atoms with E-state index in [0.29, 0.717) is 12.4 Å². The Morgan fingerprint density at radius 2 is 1.78 bits per heavy atom. The number of methoxy groups -OCH3 is 1. The second-order valence-electron chi connectivity index (χ2n) is 10.4. The minimum Gasteiger partial charge on any atom is -0.383 e. The largest absolute Gasteiger partial charge is 0.383 e. The first-order valence-corrected chi connectivity index (χ1v) is 12.3. The predicted octanol–water partition coefficient (Wildman–Crippen LogP) is 5.14. The predicted molar refractivity (Wildman–Crippen MR) is 148 cm³/mol. The van der Waals surface area contributed by atoms with Gasteiger partial charge in [-0.25, -0.2) is 9.48 Å². The molecule has 1 aliphatic rings. The van der Waals surface area contributed by atoms with Crippen LogP contribution < -0.4 is 10.6 Å². The number of likely N-dealkylation sites (tertiary alicyclic amines) is 1. The first kappa shape index (κ1) is 27.7. The lowest BCUT2D eigenvalue weighted by Crippen LogP contribution is -2.42. The fraction of sp³-hybridized carbons (Fsp3) is 0.429. The molecule has 7 nitrogen and oxygen atoms in total. The maximum absolute atomic E-state index is 13.3. The Morgan fingerprint density at radius 1 is 1.08 bits per heavy atom. The number of urea groups is 1. The number of amides is 2. The number of hydrogen-bond donors (Lipinski definition) is 2. The van der Waals surface area contributed by atoms with Crippen LogP contribution in [0.4, 0.5) is 10.6 Å². The Kier molecular flexibility index (Phi) is 9.17. The molecular weight excluding hydrogens is 474 g/mol. The van der Waals surface area contributed by atoms with Crippen LogP contribution in [-0.2, 0) is 10.2 Å². The molecule has 0 unspecified atom stereocenters. The maximum Gasteiger partial charge on any atom is 0.320 e. The minimum atomic E-state index is -0.224. The highest BCUT2D eigenvalue weighted by Gasteiger charge is 2.34. The maximum atomic E-state index is 13.3. The molecule has 2 amide bonds. The number of ether oxygens (including phenoxy) is 1. The highest BCUT2D eigenvalue weighted by Crippen LogP contribution is 2.29. The molecule has 2 atom stereocenters. The van der Waals surface area contributed by atoms with Crippen molar-refractivity contribution in [3.63, 3.8) is 0 Å². The van der Waals surface area contributed by atoms with Gasteiger partial charge in [-0.3, -0.25) is 10.2 Å². The summed E-state index contributed by atoms with van der Waals surface area (Å²) < 4.78 is 7.09. The Morgan fingerprint density at radius 3 is 2.42 bits per heavy atom.